The maximum atomic E-state index is 13.4. The van der Waals surface area contributed by atoms with Crippen molar-refractivity contribution in [1.29, 1.82) is 0 Å². The average Bonchev–Trinajstić information content (AvgIpc) is 2.88. The van der Waals surface area contributed by atoms with Crippen LogP contribution in [0.5, 0.6) is 0 Å². The Hall–Kier alpha value is -2.36. The van der Waals surface area contributed by atoms with E-state index in [1.54, 1.807) is 12.1 Å². The number of ketones is 1. The number of Topliss-reactive ketones (excluding diaryl/α,β-unsaturated/α-hetero) is 1. The molecule has 2 N–H and O–H groups in total. The van der Waals surface area contributed by atoms with Gasteiger partial charge in [-0.2, -0.15) is 0 Å². The minimum absolute atomic E-state index is 0.00715. The van der Waals surface area contributed by atoms with Gasteiger partial charge in [0.15, 0.2) is 5.78 Å². The number of nitrogens with one attached hydrogen (secondary N) is 2. The molecule has 0 aromatic heterocycles. The van der Waals surface area contributed by atoms with Gasteiger partial charge in [0.05, 0.1) is 31.8 Å². The fourth-order valence-corrected chi connectivity index (χ4v) is 5.37. The molecule has 3 fully saturated rings. The number of rotatable bonds is 9. The number of carbonyl (C=O) groups is 3. The molecule has 3 unspecified atom stereocenters. The first-order chi connectivity index (χ1) is 17.3. The smallest absolute Gasteiger partial charge is 0.236 e. The minimum Gasteiger partial charge on any atom is -0.381 e. The van der Waals surface area contributed by atoms with Crippen molar-refractivity contribution < 1.29 is 23.5 Å². The molecule has 2 amide bonds. The first kappa shape index (κ1) is 26.7. The van der Waals surface area contributed by atoms with E-state index in [1.165, 1.54) is 12.1 Å². The van der Waals surface area contributed by atoms with Crippen LogP contribution in [0, 0.1) is 23.6 Å². The molecule has 4 rings (SSSR count). The van der Waals surface area contributed by atoms with Gasteiger partial charge in [-0.05, 0) is 62.5 Å². The van der Waals surface area contributed by atoms with Gasteiger partial charge in [0, 0.05) is 30.7 Å². The molecule has 198 valence electrons. The Labute approximate surface area is 212 Å². The highest BCUT2D eigenvalue weighted by atomic mass is 19.1. The number of carbonyl (C=O) groups excluding carboxylic acids is 3. The Morgan fingerprint density at radius 3 is 2.61 bits per heavy atom. The Kier molecular flexibility index (Phi) is 9.09. The highest BCUT2D eigenvalue weighted by molar-refractivity contribution is 5.97. The number of nitrogens with zero attached hydrogens (tertiary/aromatic N) is 2. The largest absolute Gasteiger partial charge is 0.381 e. The van der Waals surface area contributed by atoms with Crippen molar-refractivity contribution in [3.05, 3.63) is 35.6 Å². The number of benzene rings is 1. The van der Waals surface area contributed by atoms with Crippen LogP contribution in [-0.2, 0) is 14.3 Å². The first-order valence-electron chi connectivity index (χ1n) is 13.3. The van der Waals surface area contributed by atoms with Crippen LogP contribution in [0.4, 0.5) is 4.39 Å². The van der Waals surface area contributed by atoms with Crippen LogP contribution in [-0.4, -0.2) is 85.5 Å². The van der Waals surface area contributed by atoms with Crippen molar-refractivity contribution >= 4 is 17.6 Å². The number of piperidine rings is 1. The van der Waals surface area contributed by atoms with Gasteiger partial charge in [-0.25, -0.2) is 4.39 Å². The molecule has 8 nitrogen and oxygen atoms in total. The van der Waals surface area contributed by atoms with Crippen LogP contribution < -0.4 is 10.6 Å². The Bertz CT molecular complexity index is 919. The summed E-state index contributed by atoms with van der Waals surface area (Å²) in [6, 6.07) is 5.80. The van der Waals surface area contributed by atoms with Gasteiger partial charge in [-0.3, -0.25) is 24.6 Å². The lowest BCUT2D eigenvalue weighted by Gasteiger charge is -2.42. The van der Waals surface area contributed by atoms with Gasteiger partial charge in [-0.15, -0.1) is 0 Å². The van der Waals surface area contributed by atoms with E-state index in [-0.39, 0.29) is 47.5 Å². The van der Waals surface area contributed by atoms with Crippen LogP contribution in [0.2, 0.25) is 0 Å². The predicted molar refractivity (Wildman–Crippen MR) is 134 cm³/mol. The molecular weight excluding hydrogens is 463 g/mol. The van der Waals surface area contributed by atoms with Gasteiger partial charge in [-0.1, -0.05) is 20.3 Å². The molecule has 0 radical (unpaired) electrons. The second-order valence-electron chi connectivity index (χ2n) is 10.5. The standard InChI is InChI=1S/C27H39FN4O4/c1-3-18(2)14-32(15-24-29-23-10-13-36-17-22(23)27(35)30-24)25(33)16-31-11-8-20(9-12-31)26(34)19-4-6-21(28)7-5-19/h4-7,18,20,22-24,29H,3,8-17H2,1-2H3,(H,30,35)/t18-,22?,23?,24?/m0/s1. The van der Waals surface area contributed by atoms with E-state index in [9.17, 15) is 18.8 Å². The molecule has 3 heterocycles. The number of halogens is 1. The molecular formula is C27H39FN4O4. The maximum Gasteiger partial charge on any atom is 0.236 e. The predicted octanol–water partition coefficient (Wildman–Crippen LogP) is 2.05. The number of likely N-dealkylation sites (tertiary alicyclic amines) is 1. The van der Waals surface area contributed by atoms with Gasteiger partial charge in [0.2, 0.25) is 11.8 Å². The third kappa shape index (κ3) is 6.69. The molecule has 4 atom stereocenters. The normalized spacial score (nSPS) is 26.1. The molecule has 3 saturated heterocycles. The van der Waals surface area contributed by atoms with E-state index in [0.29, 0.717) is 70.3 Å². The number of hydrogen-bond acceptors (Lipinski definition) is 6. The summed E-state index contributed by atoms with van der Waals surface area (Å²) in [6.07, 6.45) is 2.84. The summed E-state index contributed by atoms with van der Waals surface area (Å²) < 4.78 is 18.6. The van der Waals surface area contributed by atoms with Crippen molar-refractivity contribution in [3.8, 4) is 0 Å². The van der Waals surface area contributed by atoms with Crippen LogP contribution in [0.25, 0.3) is 0 Å². The highest BCUT2D eigenvalue weighted by Crippen LogP contribution is 2.23. The molecule has 0 saturated carbocycles. The minimum atomic E-state index is -0.350. The van der Waals surface area contributed by atoms with Crippen LogP contribution in [0.3, 0.4) is 0 Å². The van der Waals surface area contributed by atoms with Gasteiger partial charge < -0.3 is 15.0 Å². The van der Waals surface area contributed by atoms with Crippen molar-refractivity contribution in [1.82, 2.24) is 20.4 Å². The monoisotopic (exact) mass is 502 g/mol. The number of fused-ring (bicyclic) bond motifs is 1. The zero-order chi connectivity index (χ0) is 25.7. The second-order valence-corrected chi connectivity index (χ2v) is 10.5. The molecule has 3 aliphatic heterocycles. The van der Waals surface area contributed by atoms with E-state index in [0.717, 1.165) is 12.8 Å². The average molecular weight is 503 g/mol. The lowest BCUT2D eigenvalue weighted by atomic mass is 9.89. The molecule has 0 spiro atoms. The molecule has 36 heavy (non-hydrogen) atoms. The Morgan fingerprint density at radius 2 is 1.92 bits per heavy atom. The van der Waals surface area contributed by atoms with Crippen LogP contribution in [0.1, 0.15) is 49.9 Å². The summed E-state index contributed by atoms with van der Waals surface area (Å²) in [5.74, 6) is -0.193. The zero-order valence-corrected chi connectivity index (χ0v) is 21.4. The lowest BCUT2D eigenvalue weighted by molar-refractivity contribution is -0.139. The number of hydrogen-bond donors (Lipinski definition) is 2. The molecule has 1 aromatic rings. The zero-order valence-electron chi connectivity index (χ0n) is 21.4. The summed E-state index contributed by atoms with van der Waals surface area (Å²) in [4.78, 5) is 42.8. The lowest BCUT2D eigenvalue weighted by Crippen LogP contribution is -2.67. The van der Waals surface area contributed by atoms with Gasteiger partial charge in [0.25, 0.3) is 0 Å². The fraction of sp³-hybridized carbons (Fsp3) is 0.667. The molecule has 1 aromatic carbocycles. The number of amides is 2. The van der Waals surface area contributed by atoms with Gasteiger partial charge >= 0.3 is 0 Å². The first-order valence-corrected chi connectivity index (χ1v) is 13.3. The third-order valence-electron chi connectivity index (χ3n) is 7.86. The number of ether oxygens (including phenoxy) is 1. The van der Waals surface area contributed by atoms with E-state index < -0.39 is 0 Å². The summed E-state index contributed by atoms with van der Waals surface area (Å²) in [6.45, 7) is 8.03. The summed E-state index contributed by atoms with van der Waals surface area (Å²) in [5.41, 5.74) is 0.541. The van der Waals surface area contributed by atoms with E-state index in [2.05, 4.69) is 29.4 Å². The Morgan fingerprint density at radius 1 is 1.19 bits per heavy atom. The highest BCUT2D eigenvalue weighted by Gasteiger charge is 2.39. The van der Waals surface area contributed by atoms with Crippen molar-refractivity contribution in [2.45, 2.75) is 51.7 Å². The third-order valence-corrected chi connectivity index (χ3v) is 7.86. The van der Waals surface area contributed by atoms with Crippen molar-refractivity contribution in [2.75, 3.05) is 45.9 Å². The van der Waals surface area contributed by atoms with Crippen molar-refractivity contribution in [3.63, 3.8) is 0 Å². The maximum absolute atomic E-state index is 13.4. The van der Waals surface area contributed by atoms with Crippen LogP contribution >= 0.6 is 0 Å². The topological polar surface area (TPSA) is 91.0 Å². The van der Waals surface area contributed by atoms with E-state index in [1.807, 2.05) is 4.90 Å². The second kappa shape index (κ2) is 12.3. The summed E-state index contributed by atoms with van der Waals surface area (Å²) >= 11 is 0. The summed E-state index contributed by atoms with van der Waals surface area (Å²) in [7, 11) is 0. The Balaban J connectivity index is 1.31. The fourth-order valence-electron chi connectivity index (χ4n) is 5.37. The molecule has 0 aliphatic carbocycles. The molecule has 9 heteroatoms. The quantitative estimate of drug-likeness (QED) is 0.503. The van der Waals surface area contributed by atoms with E-state index >= 15 is 0 Å². The van der Waals surface area contributed by atoms with Crippen molar-refractivity contribution in [2.24, 2.45) is 17.8 Å². The molecule has 3 aliphatic rings. The van der Waals surface area contributed by atoms with Gasteiger partial charge in [0.1, 0.15) is 5.82 Å². The molecule has 0 bridgehead atoms. The summed E-state index contributed by atoms with van der Waals surface area (Å²) in [5, 5.41) is 6.56. The van der Waals surface area contributed by atoms with E-state index in [4.69, 9.17) is 4.74 Å². The SMILES string of the molecule is CC[C@H](C)CN(CC1NC(=O)C2COCCC2N1)C(=O)CN1CCC(C(=O)c2ccc(F)cc2)CC1. The van der Waals surface area contributed by atoms with Crippen LogP contribution in [0.15, 0.2) is 24.3 Å².